The summed E-state index contributed by atoms with van der Waals surface area (Å²) in [5.41, 5.74) is 25.0. The maximum atomic E-state index is 8.08. The second-order valence-electron chi connectivity index (χ2n) is 3.44. The summed E-state index contributed by atoms with van der Waals surface area (Å²) in [5, 5.41) is 3.46. The van der Waals surface area contributed by atoms with Gasteiger partial charge in [-0.2, -0.15) is 0 Å². The van der Waals surface area contributed by atoms with E-state index >= 15 is 0 Å². The molecule has 6 nitrogen and oxygen atoms in total. The number of rotatable bonds is 5. The molecule has 0 spiro atoms. The Hall–Kier alpha value is -0.603. The number of hydrogen-bond acceptors (Lipinski definition) is 1. The molecule has 8 heteroatoms. The van der Waals surface area contributed by atoms with E-state index in [1.54, 1.807) is 0 Å². The molecule has 0 aliphatic rings. The second-order valence-corrected chi connectivity index (χ2v) is 8.37. The number of nitrogens with zero attached hydrogens (tertiary/aromatic N) is 6. The van der Waals surface area contributed by atoms with Crippen molar-refractivity contribution in [3.05, 3.63) is 26.4 Å². The zero-order valence-corrected chi connectivity index (χ0v) is 14.7. The van der Waals surface area contributed by atoms with Crippen molar-refractivity contribution in [3.63, 3.8) is 0 Å². The van der Waals surface area contributed by atoms with Crippen LogP contribution in [0.25, 0.3) is 26.4 Å². The summed E-state index contributed by atoms with van der Waals surface area (Å²) in [5.74, 6) is 3.16. The average Bonchev–Trinajstić information content (AvgIpc) is 2.36. The molecule has 0 saturated carbocycles. The van der Waals surface area contributed by atoms with Crippen molar-refractivity contribution < 1.29 is 29.6 Å². The predicted octanol–water partition coefficient (Wildman–Crippen LogP) is 1.61. The van der Waals surface area contributed by atoms with Gasteiger partial charge in [-0.15, -0.1) is 11.5 Å². The molecular formula is C10H19N6NaSi. The van der Waals surface area contributed by atoms with Gasteiger partial charge in [-0.1, -0.05) is 25.9 Å². The number of hydrogen-bond donors (Lipinski definition) is 0. The van der Waals surface area contributed by atoms with E-state index in [2.05, 4.69) is 42.3 Å². The molecule has 0 aromatic rings. The van der Waals surface area contributed by atoms with Gasteiger partial charge in [0.05, 0.1) is 0 Å². The van der Waals surface area contributed by atoms with Gasteiger partial charge in [0.25, 0.3) is 0 Å². The molecule has 0 saturated heterocycles. The fourth-order valence-corrected chi connectivity index (χ4v) is 3.95. The van der Waals surface area contributed by atoms with E-state index in [0.717, 1.165) is 0 Å². The normalized spacial score (nSPS) is 8.17. The molecule has 0 aliphatic heterocycles. The molecule has 0 aromatic carbocycles. The Morgan fingerprint density at radius 2 is 1.50 bits per heavy atom. The smallest absolute Gasteiger partial charge is 0.373 e. The SMILES string of the molecule is CC[Si](C#CCCN=[N+]=[N-])(CC)CC.[N-]=[N+]=[N-].[Na+]. The Kier molecular flexibility index (Phi) is 20.6. The standard InChI is InChI=1S/C10H19N3Si.N3.Na/c1-4-14(5-2,6-3)10-8-7-9-12-13-11;1-3-2;/h4-7,9H2,1-3H3;;/q;-1;+1. The van der Waals surface area contributed by atoms with Crippen LogP contribution in [0.15, 0.2) is 5.11 Å². The van der Waals surface area contributed by atoms with Gasteiger partial charge in [0, 0.05) is 17.9 Å². The van der Waals surface area contributed by atoms with Crippen LogP contribution in [0.5, 0.6) is 0 Å². The molecule has 0 N–H and O–H groups in total. The first-order chi connectivity index (χ1) is 8.16. The molecule has 0 heterocycles. The molecular weight excluding hydrogens is 255 g/mol. The van der Waals surface area contributed by atoms with E-state index in [-0.39, 0.29) is 29.6 Å². The average molecular weight is 274 g/mol. The molecule has 0 atom stereocenters. The van der Waals surface area contributed by atoms with Gasteiger partial charge in [-0.3, -0.25) is 4.91 Å². The van der Waals surface area contributed by atoms with Crippen LogP contribution in [0.4, 0.5) is 0 Å². The van der Waals surface area contributed by atoms with Crippen molar-refractivity contribution in [2.24, 2.45) is 5.11 Å². The van der Waals surface area contributed by atoms with Crippen molar-refractivity contribution in [2.45, 2.75) is 45.3 Å². The van der Waals surface area contributed by atoms with Crippen LogP contribution < -0.4 is 29.6 Å². The summed E-state index contributed by atoms with van der Waals surface area (Å²) in [6, 6.07) is 3.69. The van der Waals surface area contributed by atoms with Gasteiger partial charge >= 0.3 is 29.6 Å². The van der Waals surface area contributed by atoms with E-state index in [1.807, 2.05) is 0 Å². The van der Waals surface area contributed by atoms with Crippen LogP contribution in [-0.2, 0) is 0 Å². The molecule has 0 amide bonds. The molecule has 0 aliphatic carbocycles. The molecule has 0 rings (SSSR count). The van der Waals surface area contributed by atoms with Gasteiger partial charge in [0.1, 0.15) is 8.07 Å². The van der Waals surface area contributed by atoms with Crippen molar-refractivity contribution >= 4 is 8.07 Å². The monoisotopic (exact) mass is 274 g/mol. The Balaban J connectivity index is -0.000000507. The fourth-order valence-electron chi connectivity index (χ4n) is 1.42. The molecule has 18 heavy (non-hydrogen) atoms. The Morgan fingerprint density at radius 1 is 1.06 bits per heavy atom. The van der Waals surface area contributed by atoms with Crippen LogP contribution in [0.1, 0.15) is 27.2 Å². The van der Waals surface area contributed by atoms with Gasteiger partial charge in [-0.25, -0.2) is 0 Å². The first-order valence-electron chi connectivity index (χ1n) is 5.65. The van der Waals surface area contributed by atoms with E-state index in [4.69, 9.17) is 16.6 Å². The minimum Gasteiger partial charge on any atom is -0.373 e. The molecule has 0 fully saturated rings. The van der Waals surface area contributed by atoms with Crippen LogP contribution in [0.3, 0.4) is 0 Å². The molecule has 0 aromatic heterocycles. The van der Waals surface area contributed by atoms with Gasteiger partial charge in [0.15, 0.2) is 0 Å². The predicted molar refractivity (Wildman–Crippen MR) is 73.7 cm³/mol. The fraction of sp³-hybridized carbons (Fsp3) is 0.800. The van der Waals surface area contributed by atoms with E-state index in [9.17, 15) is 0 Å². The summed E-state index contributed by atoms with van der Waals surface area (Å²) in [6.07, 6.45) is 0.707. The quantitative estimate of drug-likeness (QED) is 0.181. The second kappa shape index (κ2) is 16.4. The van der Waals surface area contributed by atoms with Crippen LogP contribution >= 0.6 is 0 Å². The van der Waals surface area contributed by atoms with Crippen molar-refractivity contribution in [1.29, 1.82) is 0 Å². The maximum absolute atomic E-state index is 8.08. The zero-order valence-electron chi connectivity index (χ0n) is 11.7. The Morgan fingerprint density at radius 3 is 1.83 bits per heavy atom. The van der Waals surface area contributed by atoms with Crippen LogP contribution in [0.2, 0.25) is 18.1 Å². The largest absolute Gasteiger partial charge is 1.00 e. The summed E-state index contributed by atoms with van der Waals surface area (Å²) in [4.78, 5) is 4.20. The van der Waals surface area contributed by atoms with Crippen LogP contribution in [-0.4, -0.2) is 14.6 Å². The first-order valence-corrected chi connectivity index (χ1v) is 8.27. The third kappa shape index (κ3) is 11.9. The van der Waals surface area contributed by atoms with E-state index < -0.39 is 8.07 Å². The third-order valence-corrected chi connectivity index (χ3v) is 7.55. The van der Waals surface area contributed by atoms with Crippen molar-refractivity contribution in [2.75, 3.05) is 6.54 Å². The Bertz CT molecular complexity index is 324. The van der Waals surface area contributed by atoms with Crippen molar-refractivity contribution in [3.8, 4) is 11.5 Å². The molecule has 0 bridgehead atoms. The van der Waals surface area contributed by atoms with Crippen LogP contribution in [0, 0.1) is 11.5 Å². The topological polar surface area (TPSA) is 107 Å². The zero-order chi connectivity index (χ0) is 13.6. The van der Waals surface area contributed by atoms with Crippen molar-refractivity contribution in [1.82, 2.24) is 0 Å². The summed E-state index contributed by atoms with van der Waals surface area (Å²) in [7, 11) is -1.27. The minimum atomic E-state index is -1.27. The van der Waals surface area contributed by atoms with E-state index in [0.29, 0.717) is 13.0 Å². The third-order valence-electron chi connectivity index (χ3n) is 2.78. The van der Waals surface area contributed by atoms with Gasteiger partial charge in [0.2, 0.25) is 0 Å². The van der Waals surface area contributed by atoms with E-state index in [1.165, 1.54) is 23.0 Å². The van der Waals surface area contributed by atoms with Gasteiger partial charge in [-0.05, 0) is 23.7 Å². The Labute approximate surface area is 132 Å². The minimum absolute atomic E-state index is 0. The summed E-state index contributed by atoms with van der Waals surface area (Å²) < 4.78 is 0. The maximum Gasteiger partial charge on any atom is 1.00 e. The first kappa shape index (κ1) is 22.6. The molecule has 0 radical (unpaired) electrons. The van der Waals surface area contributed by atoms with Gasteiger partial charge < -0.3 is 11.1 Å². The molecule has 94 valence electrons. The summed E-state index contributed by atoms with van der Waals surface area (Å²) in [6.45, 7) is 7.22. The number of azide groups is 1. The summed E-state index contributed by atoms with van der Waals surface area (Å²) >= 11 is 0. The molecule has 0 unspecified atom stereocenters.